The third-order valence-electron chi connectivity index (χ3n) is 5.34. The molecule has 1 aliphatic heterocycles. The summed E-state index contributed by atoms with van der Waals surface area (Å²) in [5, 5.41) is 6.74. The van der Waals surface area contributed by atoms with E-state index in [-0.39, 0.29) is 6.04 Å². The van der Waals surface area contributed by atoms with E-state index >= 15 is 0 Å². The fourth-order valence-corrected chi connectivity index (χ4v) is 3.44. The smallest absolute Gasteiger partial charge is 0.191 e. The first kappa shape index (κ1) is 21.9. The van der Waals surface area contributed by atoms with Gasteiger partial charge in [0.1, 0.15) is 5.75 Å². The van der Waals surface area contributed by atoms with Gasteiger partial charge in [0.25, 0.3) is 0 Å². The Morgan fingerprint density at radius 2 is 1.97 bits per heavy atom. The van der Waals surface area contributed by atoms with Crippen LogP contribution in [0.1, 0.15) is 31.4 Å². The van der Waals surface area contributed by atoms with Crippen molar-refractivity contribution >= 4 is 5.96 Å². The molecule has 162 valence electrons. The van der Waals surface area contributed by atoms with E-state index < -0.39 is 0 Å². The summed E-state index contributed by atoms with van der Waals surface area (Å²) >= 11 is 0. The molecular weight excluding hydrogens is 368 g/mol. The Kier molecular flexibility index (Phi) is 9.05. The van der Waals surface area contributed by atoms with Gasteiger partial charge in [0.05, 0.1) is 39.5 Å². The summed E-state index contributed by atoms with van der Waals surface area (Å²) in [7, 11) is 1.70. The number of nitrogens with one attached hydrogen (secondary N) is 2. The molecule has 29 heavy (non-hydrogen) atoms. The standard InChI is InChI=1S/C22H36N4O3/c1-3-23-22(24-10-13-29-17-18-4-5-18)25-16-21(26-11-14-28-15-12-26)19-6-8-20(27-2)9-7-19/h6-9,18,21H,3-5,10-17H2,1-2H3,(H2,23,24,25). The molecule has 1 aromatic rings. The summed E-state index contributed by atoms with van der Waals surface area (Å²) in [5.41, 5.74) is 1.25. The molecule has 2 aliphatic rings. The molecule has 1 aromatic carbocycles. The van der Waals surface area contributed by atoms with Crippen LogP contribution in [0.25, 0.3) is 0 Å². The highest BCUT2D eigenvalue weighted by Gasteiger charge is 2.23. The van der Waals surface area contributed by atoms with Crippen molar-refractivity contribution in [3.05, 3.63) is 29.8 Å². The lowest BCUT2D eigenvalue weighted by Crippen LogP contribution is -2.42. The van der Waals surface area contributed by atoms with Crippen molar-refractivity contribution < 1.29 is 14.2 Å². The van der Waals surface area contributed by atoms with Crippen molar-refractivity contribution in [1.29, 1.82) is 0 Å². The van der Waals surface area contributed by atoms with Gasteiger partial charge in [-0.25, -0.2) is 0 Å². The van der Waals surface area contributed by atoms with Gasteiger partial charge in [0.2, 0.25) is 0 Å². The van der Waals surface area contributed by atoms with E-state index in [4.69, 9.17) is 19.2 Å². The summed E-state index contributed by atoms with van der Waals surface area (Å²) in [6, 6.07) is 8.54. The van der Waals surface area contributed by atoms with Gasteiger partial charge in [-0.15, -0.1) is 0 Å². The molecule has 0 radical (unpaired) electrons. The van der Waals surface area contributed by atoms with Crippen LogP contribution in [0.15, 0.2) is 29.3 Å². The molecule has 7 heteroatoms. The van der Waals surface area contributed by atoms with Crippen molar-refractivity contribution in [3.63, 3.8) is 0 Å². The highest BCUT2D eigenvalue weighted by atomic mass is 16.5. The number of morpholine rings is 1. The second-order valence-electron chi connectivity index (χ2n) is 7.60. The summed E-state index contributed by atoms with van der Waals surface area (Å²) in [6.07, 6.45) is 2.65. The predicted octanol–water partition coefficient (Wildman–Crippen LogP) is 2.05. The second-order valence-corrected chi connectivity index (χ2v) is 7.60. The first-order chi connectivity index (χ1) is 14.3. The Bertz CT molecular complexity index is 613. The average Bonchev–Trinajstić information content (AvgIpc) is 3.59. The van der Waals surface area contributed by atoms with E-state index in [0.29, 0.717) is 13.2 Å². The minimum atomic E-state index is 0.214. The van der Waals surface area contributed by atoms with E-state index in [1.165, 1.54) is 18.4 Å². The molecule has 2 N–H and O–H groups in total. The molecule has 0 bridgehead atoms. The monoisotopic (exact) mass is 404 g/mol. The SMILES string of the molecule is CCNC(=NCC(c1ccc(OC)cc1)N1CCOCC1)NCCOCC1CC1. The molecule has 1 saturated heterocycles. The minimum absolute atomic E-state index is 0.214. The molecule has 0 spiro atoms. The molecule has 1 heterocycles. The maximum Gasteiger partial charge on any atom is 0.191 e. The number of hydrogen-bond donors (Lipinski definition) is 2. The van der Waals surface area contributed by atoms with Crippen LogP contribution >= 0.6 is 0 Å². The van der Waals surface area contributed by atoms with Gasteiger partial charge in [-0.2, -0.15) is 0 Å². The average molecular weight is 405 g/mol. The van der Waals surface area contributed by atoms with Crippen molar-refractivity contribution in [1.82, 2.24) is 15.5 Å². The van der Waals surface area contributed by atoms with Crippen LogP contribution in [0.3, 0.4) is 0 Å². The van der Waals surface area contributed by atoms with Crippen LogP contribution in [0.4, 0.5) is 0 Å². The number of methoxy groups -OCH3 is 1. The number of nitrogens with zero attached hydrogens (tertiary/aromatic N) is 2. The zero-order chi connectivity index (χ0) is 20.3. The van der Waals surface area contributed by atoms with Crippen molar-refractivity contribution in [2.24, 2.45) is 10.9 Å². The Balaban J connectivity index is 1.59. The van der Waals surface area contributed by atoms with Crippen molar-refractivity contribution in [2.75, 3.05) is 66.3 Å². The Morgan fingerprint density at radius 1 is 1.21 bits per heavy atom. The van der Waals surface area contributed by atoms with E-state index in [9.17, 15) is 0 Å². The number of benzene rings is 1. The third-order valence-corrected chi connectivity index (χ3v) is 5.34. The van der Waals surface area contributed by atoms with Crippen LogP contribution in [-0.4, -0.2) is 77.1 Å². The van der Waals surface area contributed by atoms with E-state index in [1.54, 1.807) is 7.11 Å². The summed E-state index contributed by atoms with van der Waals surface area (Å²) in [6.45, 7) is 9.37. The first-order valence-electron chi connectivity index (χ1n) is 10.9. The minimum Gasteiger partial charge on any atom is -0.497 e. The summed E-state index contributed by atoms with van der Waals surface area (Å²) in [4.78, 5) is 7.33. The van der Waals surface area contributed by atoms with Gasteiger partial charge >= 0.3 is 0 Å². The summed E-state index contributed by atoms with van der Waals surface area (Å²) < 4.78 is 16.6. The largest absolute Gasteiger partial charge is 0.497 e. The van der Waals surface area contributed by atoms with Gasteiger partial charge in [0.15, 0.2) is 5.96 Å². The molecule has 0 aromatic heterocycles. The van der Waals surface area contributed by atoms with E-state index in [1.807, 2.05) is 12.1 Å². The van der Waals surface area contributed by atoms with Crippen molar-refractivity contribution in [2.45, 2.75) is 25.8 Å². The van der Waals surface area contributed by atoms with Crippen LogP contribution in [0.2, 0.25) is 0 Å². The zero-order valence-electron chi connectivity index (χ0n) is 17.9. The third kappa shape index (κ3) is 7.49. The molecule has 1 aliphatic carbocycles. The lowest BCUT2D eigenvalue weighted by atomic mass is 10.0. The number of hydrogen-bond acceptors (Lipinski definition) is 5. The van der Waals surface area contributed by atoms with E-state index in [0.717, 1.165) is 63.6 Å². The number of rotatable bonds is 11. The van der Waals surface area contributed by atoms with Crippen LogP contribution in [-0.2, 0) is 9.47 Å². The Hall–Kier alpha value is -1.83. The lowest BCUT2D eigenvalue weighted by molar-refractivity contribution is 0.0179. The first-order valence-corrected chi connectivity index (χ1v) is 10.9. The van der Waals surface area contributed by atoms with Crippen LogP contribution in [0, 0.1) is 5.92 Å². The van der Waals surface area contributed by atoms with Gasteiger partial charge in [-0.05, 0) is 43.4 Å². The van der Waals surface area contributed by atoms with Crippen LogP contribution in [0.5, 0.6) is 5.75 Å². The summed E-state index contributed by atoms with van der Waals surface area (Å²) in [5.74, 6) is 2.52. The molecule has 3 rings (SSSR count). The quantitative estimate of drug-likeness (QED) is 0.334. The maximum atomic E-state index is 5.72. The molecule has 2 fully saturated rings. The van der Waals surface area contributed by atoms with Crippen LogP contribution < -0.4 is 15.4 Å². The fourth-order valence-electron chi connectivity index (χ4n) is 3.44. The van der Waals surface area contributed by atoms with Gasteiger partial charge < -0.3 is 24.8 Å². The fraction of sp³-hybridized carbons (Fsp3) is 0.682. The number of ether oxygens (including phenoxy) is 3. The number of aliphatic imine (C=N–C) groups is 1. The molecule has 0 amide bonds. The topological polar surface area (TPSA) is 67.4 Å². The highest BCUT2D eigenvalue weighted by molar-refractivity contribution is 5.79. The van der Waals surface area contributed by atoms with Gasteiger partial charge in [0, 0.05) is 32.8 Å². The second kappa shape index (κ2) is 12.0. The van der Waals surface area contributed by atoms with Gasteiger partial charge in [-0.3, -0.25) is 9.89 Å². The highest BCUT2D eigenvalue weighted by Crippen LogP contribution is 2.28. The molecule has 1 saturated carbocycles. The number of guanidine groups is 1. The maximum absolute atomic E-state index is 5.72. The lowest BCUT2D eigenvalue weighted by Gasteiger charge is -2.34. The van der Waals surface area contributed by atoms with Crippen molar-refractivity contribution in [3.8, 4) is 5.75 Å². The molecule has 1 unspecified atom stereocenters. The molecular formula is C22H36N4O3. The Labute approximate surface area is 174 Å². The predicted molar refractivity (Wildman–Crippen MR) is 116 cm³/mol. The van der Waals surface area contributed by atoms with E-state index in [2.05, 4.69) is 34.6 Å². The Morgan fingerprint density at radius 3 is 2.62 bits per heavy atom. The normalized spacial score (nSPS) is 19.0. The zero-order valence-corrected chi connectivity index (χ0v) is 17.9. The molecule has 1 atom stereocenters. The van der Waals surface area contributed by atoms with Gasteiger partial charge in [-0.1, -0.05) is 12.1 Å². The molecule has 7 nitrogen and oxygen atoms in total.